The highest BCUT2D eigenvalue weighted by Gasteiger charge is 2.27. The van der Waals surface area contributed by atoms with E-state index in [1.165, 1.54) is 19.3 Å². The van der Waals surface area contributed by atoms with Gasteiger partial charge < -0.3 is 18.9 Å². The van der Waals surface area contributed by atoms with Crippen LogP contribution in [0.2, 0.25) is 0 Å². The quantitative estimate of drug-likeness (QED) is 0.0285. The average Bonchev–Trinajstić information content (AvgIpc) is 2.95. The molecule has 254 valence electrons. The van der Waals surface area contributed by atoms with Crippen molar-refractivity contribution in [2.24, 2.45) is 0 Å². The van der Waals surface area contributed by atoms with Crippen molar-refractivity contribution >= 4 is 19.8 Å². The van der Waals surface area contributed by atoms with Gasteiger partial charge in [-0.2, -0.15) is 0 Å². The van der Waals surface area contributed by atoms with Crippen LogP contribution in [0.1, 0.15) is 128 Å². The topological polar surface area (TPSA) is 108 Å². The number of phosphoric acid groups is 1. The number of quaternary nitrogens is 1. The Kier molecular flexibility index (Phi) is 26.3. The molecule has 0 aliphatic carbocycles. The van der Waals surface area contributed by atoms with Gasteiger partial charge in [0.25, 0.3) is 0 Å². The number of ether oxygens (including phenoxy) is 2. The number of carbonyl (C=O) groups excluding carboxylic acids is 2. The minimum absolute atomic E-state index is 0.0212. The Balaban J connectivity index is 4.49. The van der Waals surface area contributed by atoms with E-state index in [4.69, 9.17) is 31.4 Å². The second-order valence-electron chi connectivity index (χ2n) is 12.5. The number of hydrogen-bond acceptors (Lipinski definition) is 7. The van der Waals surface area contributed by atoms with E-state index in [2.05, 4.69) is 11.8 Å². The summed E-state index contributed by atoms with van der Waals surface area (Å²) in [4.78, 5) is 34.9. The first-order valence-corrected chi connectivity index (χ1v) is 18.1. The van der Waals surface area contributed by atoms with Crippen LogP contribution in [0.15, 0.2) is 0 Å². The van der Waals surface area contributed by atoms with Gasteiger partial charge in [-0.1, -0.05) is 77.0 Å². The summed E-state index contributed by atoms with van der Waals surface area (Å²) in [5.74, 6) is 4.47. The van der Waals surface area contributed by atoms with Crippen LogP contribution in [0.4, 0.5) is 0 Å². The van der Waals surface area contributed by atoms with E-state index in [0.717, 1.165) is 83.5 Å². The van der Waals surface area contributed by atoms with Crippen molar-refractivity contribution in [1.82, 2.24) is 0 Å². The minimum atomic E-state index is -4.37. The van der Waals surface area contributed by atoms with E-state index >= 15 is 0 Å². The van der Waals surface area contributed by atoms with E-state index in [1.807, 2.05) is 21.1 Å². The van der Waals surface area contributed by atoms with Crippen molar-refractivity contribution in [3.8, 4) is 24.7 Å². The van der Waals surface area contributed by atoms with Gasteiger partial charge in [-0.3, -0.25) is 18.6 Å². The van der Waals surface area contributed by atoms with E-state index in [9.17, 15) is 19.0 Å². The van der Waals surface area contributed by atoms with Gasteiger partial charge in [0, 0.05) is 25.7 Å². The van der Waals surface area contributed by atoms with Gasteiger partial charge in [-0.25, -0.2) is 4.57 Å². The largest absolute Gasteiger partial charge is 0.472 e. The zero-order valence-electron chi connectivity index (χ0n) is 27.9. The molecular formula is C34H61NO8P+. The summed E-state index contributed by atoms with van der Waals surface area (Å²) in [6.45, 7) is -0.144. The molecule has 0 aliphatic rings. The molecule has 0 aromatic carbocycles. The number of likely N-dealkylation sites (N-methyl/N-ethyl adjacent to an activating group) is 1. The van der Waals surface area contributed by atoms with E-state index in [0.29, 0.717) is 23.9 Å². The Bertz CT molecular complexity index is 874. The molecule has 0 amide bonds. The fourth-order valence-corrected chi connectivity index (χ4v) is 5.12. The third kappa shape index (κ3) is 30.2. The molecule has 0 heterocycles. The highest BCUT2D eigenvalue weighted by Crippen LogP contribution is 2.43. The summed E-state index contributed by atoms with van der Waals surface area (Å²) in [7, 11) is 1.43. The summed E-state index contributed by atoms with van der Waals surface area (Å²) in [5, 5.41) is 0. The standard InChI is InChI=1S/C34H60NO8P/c1-6-8-10-12-14-16-18-20-22-24-26-33(36)40-30-32(31-42-44(38,39)41-29-28-35(3,4)5)43-34(37)27-25-23-21-19-17-15-13-11-9-7-2/h1-2,32H,8-31H2,3-5H3/p+1/t32-/m1/s1. The van der Waals surface area contributed by atoms with Crippen LogP contribution >= 0.6 is 7.82 Å². The number of rotatable bonds is 30. The van der Waals surface area contributed by atoms with Crippen molar-refractivity contribution in [1.29, 1.82) is 0 Å². The summed E-state index contributed by atoms with van der Waals surface area (Å²) < 4.78 is 33.9. The first-order valence-electron chi connectivity index (χ1n) is 16.6. The third-order valence-corrected chi connectivity index (χ3v) is 8.06. The summed E-state index contributed by atoms with van der Waals surface area (Å²) in [6, 6.07) is 0. The van der Waals surface area contributed by atoms with E-state index in [-0.39, 0.29) is 26.1 Å². The van der Waals surface area contributed by atoms with Gasteiger partial charge in [0.2, 0.25) is 0 Å². The van der Waals surface area contributed by atoms with E-state index < -0.39 is 32.5 Å². The van der Waals surface area contributed by atoms with Gasteiger partial charge in [0.05, 0.1) is 27.7 Å². The van der Waals surface area contributed by atoms with Crippen molar-refractivity contribution in [2.45, 2.75) is 135 Å². The number of nitrogens with zero attached hydrogens (tertiary/aromatic N) is 1. The molecule has 1 unspecified atom stereocenters. The van der Waals surface area contributed by atoms with Gasteiger partial charge in [0.15, 0.2) is 6.10 Å². The number of hydrogen-bond donors (Lipinski definition) is 1. The highest BCUT2D eigenvalue weighted by atomic mass is 31.2. The molecule has 0 aliphatic heterocycles. The highest BCUT2D eigenvalue weighted by molar-refractivity contribution is 7.47. The normalized spacial score (nSPS) is 13.4. The summed E-state index contributed by atoms with van der Waals surface area (Å²) >= 11 is 0. The SMILES string of the molecule is C#CCCCCCCCCCCC(=O)OC[C@H](COP(=O)(O)OCC[N+](C)(C)C)OC(=O)CCCCCCCCCCC#C. The fraction of sp³-hybridized carbons (Fsp3) is 0.824. The van der Waals surface area contributed by atoms with Gasteiger partial charge >= 0.3 is 19.8 Å². The first-order chi connectivity index (χ1) is 21.0. The molecule has 0 rings (SSSR count). The van der Waals surface area contributed by atoms with Gasteiger partial charge in [-0.05, 0) is 25.7 Å². The van der Waals surface area contributed by atoms with Crippen molar-refractivity contribution in [2.75, 3.05) is 47.5 Å². The molecule has 2 atom stereocenters. The Hall–Kier alpha value is -1.87. The first kappa shape index (κ1) is 42.1. The smallest absolute Gasteiger partial charge is 0.462 e. The maximum absolute atomic E-state index is 12.5. The number of esters is 2. The molecule has 0 fully saturated rings. The average molecular weight is 643 g/mol. The molecule has 9 nitrogen and oxygen atoms in total. The Morgan fingerprint density at radius 1 is 0.682 bits per heavy atom. The summed E-state index contributed by atoms with van der Waals surface area (Å²) in [6.07, 6.45) is 28.4. The monoisotopic (exact) mass is 642 g/mol. The van der Waals surface area contributed by atoms with Crippen LogP contribution in [0.25, 0.3) is 0 Å². The second-order valence-corrected chi connectivity index (χ2v) is 13.9. The molecule has 10 heteroatoms. The minimum Gasteiger partial charge on any atom is -0.462 e. The molecule has 0 aromatic rings. The van der Waals surface area contributed by atoms with Crippen LogP contribution in [0, 0.1) is 24.7 Å². The molecule has 0 bridgehead atoms. The maximum atomic E-state index is 12.5. The number of phosphoric ester groups is 1. The molecule has 0 saturated carbocycles. The Morgan fingerprint density at radius 2 is 1.11 bits per heavy atom. The molecule has 0 saturated heterocycles. The lowest BCUT2D eigenvalue weighted by Crippen LogP contribution is -2.37. The molecule has 0 radical (unpaired) electrons. The lowest BCUT2D eigenvalue weighted by Gasteiger charge is -2.24. The zero-order chi connectivity index (χ0) is 32.9. The van der Waals surface area contributed by atoms with Crippen LogP contribution < -0.4 is 0 Å². The number of carbonyl (C=O) groups is 2. The number of unbranched alkanes of at least 4 members (excludes halogenated alkanes) is 16. The second kappa shape index (κ2) is 27.4. The van der Waals surface area contributed by atoms with Gasteiger partial charge in [-0.15, -0.1) is 24.7 Å². The lowest BCUT2D eigenvalue weighted by molar-refractivity contribution is -0.870. The molecule has 0 spiro atoms. The van der Waals surface area contributed by atoms with Crippen LogP contribution in [0.3, 0.4) is 0 Å². The molecule has 0 aromatic heterocycles. The van der Waals surface area contributed by atoms with Crippen LogP contribution in [-0.4, -0.2) is 74.9 Å². The zero-order valence-corrected chi connectivity index (χ0v) is 28.8. The Morgan fingerprint density at radius 3 is 1.57 bits per heavy atom. The molecule has 44 heavy (non-hydrogen) atoms. The van der Waals surface area contributed by atoms with Crippen LogP contribution in [0.5, 0.6) is 0 Å². The third-order valence-electron chi connectivity index (χ3n) is 7.07. The van der Waals surface area contributed by atoms with Crippen LogP contribution in [-0.2, 0) is 32.7 Å². The van der Waals surface area contributed by atoms with Gasteiger partial charge in [0.1, 0.15) is 19.8 Å². The fourth-order valence-electron chi connectivity index (χ4n) is 4.38. The summed E-state index contributed by atoms with van der Waals surface area (Å²) in [5.41, 5.74) is 0. The number of terminal acetylenes is 2. The lowest BCUT2D eigenvalue weighted by atomic mass is 10.1. The Labute approximate surface area is 268 Å². The molecule has 1 N–H and O–H groups in total. The van der Waals surface area contributed by atoms with Crippen molar-refractivity contribution in [3.05, 3.63) is 0 Å². The van der Waals surface area contributed by atoms with E-state index in [1.54, 1.807) is 0 Å². The van der Waals surface area contributed by atoms with Crippen molar-refractivity contribution < 1.29 is 42.1 Å². The maximum Gasteiger partial charge on any atom is 0.472 e. The predicted molar refractivity (Wildman–Crippen MR) is 175 cm³/mol. The molecular weight excluding hydrogens is 581 g/mol. The van der Waals surface area contributed by atoms with Crippen molar-refractivity contribution in [3.63, 3.8) is 0 Å². The predicted octanol–water partition coefficient (Wildman–Crippen LogP) is 7.35.